The smallest absolute Gasteiger partial charge is 0.325 e. The van der Waals surface area contributed by atoms with Gasteiger partial charge >= 0.3 is 5.97 Å². The third-order valence-corrected chi connectivity index (χ3v) is 4.14. The predicted molar refractivity (Wildman–Crippen MR) is 96.0 cm³/mol. The minimum absolute atomic E-state index is 0.182. The second kappa shape index (κ2) is 10.4. The van der Waals surface area contributed by atoms with Crippen LogP contribution < -0.4 is 10.1 Å². The van der Waals surface area contributed by atoms with Crippen LogP contribution in [0, 0.1) is 0 Å². The molecule has 1 saturated heterocycles. The Bertz CT molecular complexity index is 607. The number of carbonyl (C=O) groups is 3. The highest BCUT2D eigenvalue weighted by molar-refractivity contribution is 5.96. The lowest BCUT2D eigenvalue weighted by atomic mass is 10.2. The predicted octanol–water partition coefficient (Wildman–Crippen LogP) is 1.76. The lowest BCUT2D eigenvalue weighted by Gasteiger charge is -2.19. The average Bonchev–Trinajstić information content (AvgIpc) is 2.94. The Kier molecular flexibility index (Phi) is 7.92. The number of nitrogens with one attached hydrogen (secondary N) is 1. The molecule has 0 spiro atoms. The molecular formula is C19H26N2O5. The first-order valence-corrected chi connectivity index (χ1v) is 9.04. The number of ether oxygens (including phenoxy) is 2. The molecule has 0 aliphatic carbocycles. The van der Waals surface area contributed by atoms with E-state index in [0.29, 0.717) is 31.0 Å². The summed E-state index contributed by atoms with van der Waals surface area (Å²) >= 11 is 0. The highest BCUT2D eigenvalue weighted by Gasteiger charge is 2.17. The van der Waals surface area contributed by atoms with Crippen molar-refractivity contribution >= 4 is 17.8 Å². The van der Waals surface area contributed by atoms with Crippen LogP contribution in [0.15, 0.2) is 24.3 Å². The molecule has 1 N–H and O–H groups in total. The molecule has 2 amide bonds. The van der Waals surface area contributed by atoms with E-state index in [4.69, 9.17) is 9.47 Å². The third-order valence-electron chi connectivity index (χ3n) is 4.14. The molecule has 0 radical (unpaired) electrons. The topological polar surface area (TPSA) is 84.9 Å². The second-order valence-corrected chi connectivity index (χ2v) is 6.10. The maximum absolute atomic E-state index is 12.0. The van der Waals surface area contributed by atoms with Gasteiger partial charge in [0, 0.05) is 18.7 Å². The Balaban J connectivity index is 1.70. The normalized spacial score (nSPS) is 14.3. The number of benzene rings is 1. The van der Waals surface area contributed by atoms with Crippen molar-refractivity contribution < 1.29 is 23.9 Å². The number of nitrogens with zero attached hydrogens (tertiary/aromatic N) is 1. The first kappa shape index (κ1) is 19.8. The zero-order chi connectivity index (χ0) is 18.8. The quantitative estimate of drug-likeness (QED) is 0.747. The molecule has 1 aromatic carbocycles. The number of carbonyl (C=O) groups excluding carboxylic acids is 3. The van der Waals surface area contributed by atoms with Gasteiger partial charge in [0.05, 0.1) is 6.61 Å². The van der Waals surface area contributed by atoms with E-state index in [1.54, 1.807) is 29.2 Å². The Morgan fingerprint density at radius 3 is 2.31 bits per heavy atom. The van der Waals surface area contributed by atoms with Crippen molar-refractivity contribution in [2.75, 3.05) is 32.8 Å². The molecule has 7 heteroatoms. The van der Waals surface area contributed by atoms with Gasteiger partial charge < -0.3 is 19.7 Å². The van der Waals surface area contributed by atoms with Gasteiger partial charge in [0.1, 0.15) is 12.3 Å². The van der Waals surface area contributed by atoms with Crippen LogP contribution in [-0.4, -0.2) is 55.5 Å². The number of amides is 2. The molecule has 1 aliphatic heterocycles. The minimum atomic E-state index is -0.632. The summed E-state index contributed by atoms with van der Waals surface area (Å²) in [7, 11) is 0. The Morgan fingerprint density at radius 2 is 1.69 bits per heavy atom. The maximum Gasteiger partial charge on any atom is 0.325 e. The van der Waals surface area contributed by atoms with E-state index >= 15 is 0 Å². The number of hydrogen-bond acceptors (Lipinski definition) is 5. The molecule has 1 aromatic rings. The number of hydrogen-bond donors (Lipinski definition) is 1. The fourth-order valence-electron chi connectivity index (χ4n) is 2.73. The molecule has 142 valence electrons. The Labute approximate surface area is 153 Å². The first-order valence-electron chi connectivity index (χ1n) is 9.04. The van der Waals surface area contributed by atoms with Crippen LogP contribution in [0.1, 0.15) is 43.0 Å². The standard InChI is InChI=1S/C19H26N2O5/c1-2-25-16-9-7-15(8-10-16)19(24)20-13-18(23)26-14-17(22)21-11-5-3-4-6-12-21/h7-10H,2-6,11-14H2,1H3,(H,20,24). The summed E-state index contributed by atoms with van der Waals surface area (Å²) in [4.78, 5) is 37.5. The number of rotatable bonds is 7. The van der Waals surface area contributed by atoms with Gasteiger partial charge in [-0.25, -0.2) is 0 Å². The van der Waals surface area contributed by atoms with Gasteiger partial charge in [-0.15, -0.1) is 0 Å². The van der Waals surface area contributed by atoms with Crippen LogP contribution >= 0.6 is 0 Å². The van der Waals surface area contributed by atoms with Crippen molar-refractivity contribution in [2.45, 2.75) is 32.6 Å². The highest BCUT2D eigenvalue weighted by atomic mass is 16.5. The highest BCUT2D eigenvalue weighted by Crippen LogP contribution is 2.12. The molecule has 1 fully saturated rings. The fourth-order valence-corrected chi connectivity index (χ4v) is 2.73. The van der Waals surface area contributed by atoms with Gasteiger partial charge in [-0.2, -0.15) is 0 Å². The molecule has 26 heavy (non-hydrogen) atoms. The van der Waals surface area contributed by atoms with Crippen LogP contribution in [-0.2, 0) is 14.3 Å². The van der Waals surface area contributed by atoms with E-state index in [1.807, 2.05) is 6.92 Å². The SMILES string of the molecule is CCOc1ccc(C(=O)NCC(=O)OCC(=O)N2CCCCCC2)cc1. The zero-order valence-electron chi connectivity index (χ0n) is 15.2. The van der Waals surface area contributed by atoms with E-state index in [9.17, 15) is 14.4 Å². The Morgan fingerprint density at radius 1 is 1.04 bits per heavy atom. The van der Waals surface area contributed by atoms with Crippen molar-refractivity contribution in [3.05, 3.63) is 29.8 Å². The third kappa shape index (κ3) is 6.38. The molecule has 2 rings (SSSR count). The van der Waals surface area contributed by atoms with Gasteiger partial charge in [-0.3, -0.25) is 14.4 Å². The largest absolute Gasteiger partial charge is 0.494 e. The van der Waals surface area contributed by atoms with E-state index in [-0.39, 0.29) is 25.0 Å². The fraction of sp³-hybridized carbons (Fsp3) is 0.526. The summed E-state index contributed by atoms with van der Waals surface area (Å²) in [5.74, 6) is -0.523. The van der Waals surface area contributed by atoms with Gasteiger partial charge in [-0.1, -0.05) is 12.8 Å². The molecule has 1 heterocycles. The minimum Gasteiger partial charge on any atom is -0.494 e. The lowest BCUT2D eigenvalue weighted by molar-refractivity contribution is -0.151. The van der Waals surface area contributed by atoms with E-state index in [2.05, 4.69) is 5.32 Å². The first-order chi connectivity index (χ1) is 12.6. The van der Waals surface area contributed by atoms with Crippen molar-refractivity contribution in [1.29, 1.82) is 0 Å². The second-order valence-electron chi connectivity index (χ2n) is 6.10. The summed E-state index contributed by atoms with van der Waals surface area (Å²) < 4.78 is 10.3. The van der Waals surface area contributed by atoms with E-state index in [0.717, 1.165) is 25.7 Å². The monoisotopic (exact) mass is 362 g/mol. The maximum atomic E-state index is 12.0. The van der Waals surface area contributed by atoms with Gasteiger partial charge in [0.15, 0.2) is 6.61 Å². The van der Waals surface area contributed by atoms with Gasteiger partial charge in [0.2, 0.25) is 0 Å². The molecule has 0 aromatic heterocycles. The van der Waals surface area contributed by atoms with Gasteiger partial charge in [0.25, 0.3) is 11.8 Å². The Hall–Kier alpha value is -2.57. The molecular weight excluding hydrogens is 336 g/mol. The number of likely N-dealkylation sites (tertiary alicyclic amines) is 1. The summed E-state index contributed by atoms with van der Waals surface area (Å²) in [5.41, 5.74) is 0.418. The van der Waals surface area contributed by atoms with Crippen LogP contribution in [0.3, 0.4) is 0 Å². The molecule has 0 bridgehead atoms. The number of esters is 1. The zero-order valence-corrected chi connectivity index (χ0v) is 15.2. The van der Waals surface area contributed by atoms with Crippen molar-refractivity contribution in [3.63, 3.8) is 0 Å². The van der Waals surface area contributed by atoms with Gasteiger partial charge in [-0.05, 0) is 44.0 Å². The summed E-state index contributed by atoms with van der Waals surface area (Å²) in [6.07, 6.45) is 4.22. The van der Waals surface area contributed by atoms with Crippen molar-refractivity contribution in [3.8, 4) is 5.75 Å². The lowest BCUT2D eigenvalue weighted by Crippen LogP contribution is -2.37. The molecule has 0 atom stereocenters. The summed E-state index contributed by atoms with van der Waals surface area (Å²) in [6.45, 7) is 3.30. The molecule has 1 aliphatic rings. The summed E-state index contributed by atoms with van der Waals surface area (Å²) in [5, 5.41) is 2.48. The van der Waals surface area contributed by atoms with Crippen LogP contribution in [0.4, 0.5) is 0 Å². The summed E-state index contributed by atoms with van der Waals surface area (Å²) in [6, 6.07) is 6.62. The molecule has 7 nitrogen and oxygen atoms in total. The van der Waals surface area contributed by atoms with E-state index < -0.39 is 5.97 Å². The van der Waals surface area contributed by atoms with E-state index in [1.165, 1.54) is 0 Å². The van der Waals surface area contributed by atoms with Crippen LogP contribution in [0.2, 0.25) is 0 Å². The van der Waals surface area contributed by atoms with Crippen LogP contribution in [0.5, 0.6) is 5.75 Å². The molecule has 0 saturated carbocycles. The van der Waals surface area contributed by atoms with Crippen LogP contribution in [0.25, 0.3) is 0 Å². The average molecular weight is 362 g/mol. The van der Waals surface area contributed by atoms with Crippen molar-refractivity contribution in [2.24, 2.45) is 0 Å². The molecule has 0 unspecified atom stereocenters. The van der Waals surface area contributed by atoms with Crippen molar-refractivity contribution in [1.82, 2.24) is 10.2 Å².